The minimum absolute atomic E-state index is 0.000547. The van der Waals surface area contributed by atoms with E-state index in [9.17, 15) is 9.59 Å². The SMILES string of the molecule is CC(C)C(=O)N1CCN(C(=O)c2csc(N)n2)CC1. The summed E-state index contributed by atoms with van der Waals surface area (Å²) in [5.41, 5.74) is 5.92. The fourth-order valence-electron chi connectivity index (χ4n) is 2.04. The highest BCUT2D eigenvalue weighted by atomic mass is 32.1. The predicted octanol–water partition coefficient (Wildman–Crippen LogP) is 0.666. The van der Waals surface area contributed by atoms with Gasteiger partial charge in [-0.2, -0.15) is 0 Å². The molecule has 0 atom stereocenters. The molecule has 7 heteroatoms. The number of piperazine rings is 1. The van der Waals surface area contributed by atoms with Gasteiger partial charge in [0.1, 0.15) is 5.69 Å². The van der Waals surface area contributed by atoms with Crippen molar-refractivity contribution in [3.63, 3.8) is 0 Å². The predicted molar refractivity (Wildman–Crippen MR) is 73.8 cm³/mol. The molecule has 2 amide bonds. The van der Waals surface area contributed by atoms with Crippen LogP contribution in [-0.4, -0.2) is 52.8 Å². The minimum Gasteiger partial charge on any atom is -0.375 e. The van der Waals surface area contributed by atoms with E-state index in [1.807, 2.05) is 18.7 Å². The van der Waals surface area contributed by atoms with Crippen LogP contribution in [0.15, 0.2) is 5.38 Å². The molecule has 1 aromatic heterocycles. The third-order valence-electron chi connectivity index (χ3n) is 3.11. The number of aromatic nitrogens is 1. The lowest BCUT2D eigenvalue weighted by molar-refractivity contribution is -0.135. The monoisotopic (exact) mass is 282 g/mol. The summed E-state index contributed by atoms with van der Waals surface area (Å²) in [6.45, 7) is 6.05. The molecule has 1 aliphatic heterocycles. The average Bonchev–Trinajstić information content (AvgIpc) is 2.84. The first-order valence-electron chi connectivity index (χ1n) is 6.28. The first-order valence-corrected chi connectivity index (χ1v) is 7.16. The fourth-order valence-corrected chi connectivity index (χ4v) is 2.58. The van der Waals surface area contributed by atoms with Crippen LogP contribution in [0.4, 0.5) is 5.13 Å². The molecule has 2 heterocycles. The molecule has 1 aromatic rings. The fraction of sp³-hybridized carbons (Fsp3) is 0.583. The highest BCUT2D eigenvalue weighted by molar-refractivity contribution is 7.13. The lowest BCUT2D eigenvalue weighted by Gasteiger charge is -2.35. The van der Waals surface area contributed by atoms with Crippen LogP contribution in [0, 0.1) is 5.92 Å². The van der Waals surface area contributed by atoms with Crippen molar-refractivity contribution in [2.24, 2.45) is 5.92 Å². The van der Waals surface area contributed by atoms with Crippen molar-refractivity contribution in [1.29, 1.82) is 0 Å². The molecule has 0 bridgehead atoms. The van der Waals surface area contributed by atoms with Gasteiger partial charge in [-0.1, -0.05) is 13.8 Å². The first-order chi connectivity index (χ1) is 8.99. The third kappa shape index (κ3) is 3.04. The topological polar surface area (TPSA) is 79.5 Å². The number of nitrogens with two attached hydrogens (primary N) is 1. The van der Waals surface area contributed by atoms with E-state index in [0.717, 1.165) is 0 Å². The van der Waals surface area contributed by atoms with Gasteiger partial charge in [-0.15, -0.1) is 11.3 Å². The standard InChI is InChI=1S/C12H18N4O2S/c1-8(2)10(17)15-3-5-16(6-4-15)11(18)9-7-19-12(13)14-9/h7-8H,3-6H2,1-2H3,(H2,13,14). The number of nitrogen functional groups attached to an aromatic ring is 1. The number of thiazole rings is 1. The molecule has 0 radical (unpaired) electrons. The molecule has 2 N–H and O–H groups in total. The van der Waals surface area contributed by atoms with Crippen LogP contribution in [-0.2, 0) is 4.79 Å². The number of rotatable bonds is 2. The van der Waals surface area contributed by atoms with Crippen LogP contribution >= 0.6 is 11.3 Å². The Labute approximate surface area is 116 Å². The molecule has 104 valence electrons. The highest BCUT2D eigenvalue weighted by Gasteiger charge is 2.26. The molecule has 6 nitrogen and oxygen atoms in total. The zero-order valence-electron chi connectivity index (χ0n) is 11.1. The molecular weight excluding hydrogens is 264 g/mol. The Hall–Kier alpha value is -1.63. The molecule has 19 heavy (non-hydrogen) atoms. The van der Waals surface area contributed by atoms with Gasteiger partial charge in [0.05, 0.1) is 0 Å². The quantitative estimate of drug-likeness (QED) is 0.864. The zero-order chi connectivity index (χ0) is 14.0. The zero-order valence-corrected chi connectivity index (χ0v) is 11.9. The van der Waals surface area contributed by atoms with E-state index in [1.54, 1.807) is 10.3 Å². The van der Waals surface area contributed by atoms with E-state index >= 15 is 0 Å². The van der Waals surface area contributed by atoms with Gasteiger partial charge in [-0.3, -0.25) is 9.59 Å². The number of carbonyl (C=O) groups excluding carboxylic acids is 2. The van der Waals surface area contributed by atoms with Gasteiger partial charge in [0.15, 0.2) is 5.13 Å². The Bertz CT molecular complexity index is 478. The highest BCUT2D eigenvalue weighted by Crippen LogP contribution is 2.15. The van der Waals surface area contributed by atoms with Crippen molar-refractivity contribution < 1.29 is 9.59 Å². The second-order valence-electron chi connectivity index (χ2n) is 4.84. The summed E-state index contributed by atoms with van der Waals surface area (Å²) in [5.74, 6) is 0.0372. The number of carbonyl (C=O) groups is 2. The van der Waals surface area contributed by atoms with Crippen LogP contribution in [0.5, 0.6) is 0 Å². The van der Waals surface area contributed by atoms with Gasteiger partial charge in [0.25, 0.3) is 5.91 Å². The summed E-state index contributed by atoms with van der Waals surface area (Å²) >= 11 is 1.26. The largest absolute Gasteiger partial charge is 0.375 e. The second kappa shape index (κ2) is 5.56. The lowest BCUT2D eigenvalue weighted by atomic mass is 10.1. The average molecular weight is 282 g/mol. The maximum Gasteiger partial charge on any atom is 0.273 e. The van der Waals surface area contributed by atoms with Gasteiger partial charge in [-0.25, -0.2) is 4.98 Å². The van der Waals surface area contributed by atoms with Gasteiger partial charge in [0, 0.05) is 37.5 Å². The summed E-state index contributed by atoms with van der Waals surface area (Å²) in [6, 6.07) is 0. The van der Waals surface area contributed by atoms with Crippen molar-refractivity contribution in [3.05, 3.63) is 11.1 Å². The van der Waals surface area contributed by atoms with Gasteiger partial charge in [0.2, 0.25) is 5.91 Å². The number of nitrogens with zero attached hydrogens (tertiary/aromatic N) is 3. The Morgan fingerprint density at radius 2 is 1.84 bits per heavy atom. The van der Waals surface area contributed by atoms with E-state index in [4.69, 9.17) is 5.73 Å². The summed E-state index contributed by atoms with van der Waals surface area (Å²) in [7, 11) is 0. The van der Waals surface area contributed by atoms with E-state index < -0.39 is 0 Å². The maximum atomic E-state index is 12.1. The molecule has 0 aromatic carbocycles. The van der Waals surface area contributed by atoms with Gasteiger partial charge >= 0.3 is 0 Å². The van der Waals surface area contributed by atoms with Crippen LogP contribution < -0.4 is 5.73 Å². The molecule has 0 aliphatic carbocycles. The Kier molecular flexibility index (Phi) is 4.04. The van der Waals surface area contributed by atoms with Crippen LogP contribution in [0.1, 0.15) is 24.3 Å². The number of hydrogen-bond acceptors (Lipinski definition) is 5. The molecule has 0 saturated carbocycles. The normalized spacial score (nSPS) is 15.9. The Morgan fingerprint density at radius 1 is 1.26 bits per heavy atom. The van der Waals surface area contributed by atoms with Crippen molar-refractivity contribution >= 4 is 28.3 Å². The molecule has 0 unspecified atom stereocenters. The molecule has 1 aliphatic rings. The van der Waals surface area contributed by atoms with Crippen LogP contribution in [0.25, 0.3) is 0 Å². The third-order valence-corrected chi connectivity index (χ3v) is 3.79. The molecular formula is C12H18N4O2S. The van der Waals surface area contributed by atoms with Gasteiger partial charge in [-0.05, 0) is 0 Å². The molecule has 1 fully saturated rings. The number of amides is 2. The van der Waals surface area contributed by atoms with E-state index in [-0.39, 0.29) is 17.7 Å². The van der Waals surface area contributed by atoms with Gasteiger partial charge < -0.3 is 15.5 Å². The van der Waals surface area contributed by atoms with Crippen molar-refractivity contribution in [2.75, 3.05) is 31.9 Å². The van der Waals surface area contributed by atoms with Crippen LogP contribution in [0.3, 0.4) is 0 Å². The summed E-state index contributed by atoms with van der Waals surface area (Å²) in [5, 5.41) is 2.07. The molecule has 2 rings (SSSR count). The minimum atomic E-state index is -0.107. The molecule has 0 spiro atoms. The van der Waals surface area contributed by atoms with E-state index in [1.165, 1.54) is 11.3 Å². The second-order valence-corrected chi connectivity index (χ2v) is 5.73. The Balaban J connectivity index is 1.93. The number of hydrogen-bond donors (Lipinski definition) is 1. The maximum absolute atomic E-state index is 12.1. The first kappa shape index (κ1) is 13.8. The molecule has 1 saturated heterocycles. The van der Waals surface area contributed by atoms with E-state index in [2.05, 4.69) is 4.98 Å². The smallest absolute Gasteiger partial charge is 0.273 e. The van der Waals surface area contributed by atoms with Crippen LogP contribution in [0.2, 0.25) is 0 Å². The van der Waals surface area contributed by atoms with E-state index in [0.29, 0.717) is 37.0 Å². The van der Waals surface area contributed by atoms with Crippen molar-refractivity contribution in [2.45, 2.75) is 13.8 Å². The van der Waals surface area contributed by atoms with Crippen molar-refractivity contribution in [1.82, 2.24) is 14.8 Å². The summed E-state index contributed by atoms with van der Waals surface area (Å²) < 4.78 is 0. The summed E-state index contributed by atoms with van der Waals surface area (Å²) in [6.07, 6.45) is 0. The van der Waals surface area contributed by atoms with Crippen molar-refractivity contribution in [3.8, 4) is 0 Å². The summed E-state index contributed by atoms with van der Waals surface area (Å²) in [4.78, 5) is 31.5. The lowest BCUT2D eigenvalue weighted by Crippen LogP contribution is -2.51. The number of anilines is 1. The Morgan fingerprint density at radius 3 is 2.32 bits per heavy atom.